The summed E-state index contributed by atoms with van der Waals surface area (Å²) in [6, 6.07) is 0.874. The molecule has 2 saturated heterocycles. The van der Waals surface area contributed by atoms with Crippen LogP contribution in [0.4, 0.5) is 4.79 Å². The molecule has 2 aliphatic rings. The molecule has 0 aliphatic carbocycles. The zero-order valence-corrected chi connectivity index (χ0v) is 18.5. The number of carbonyl (C=O) groups is 2. The lowest BCUT2D eigenvalue weighted by atomic mass is 9.98. The minimum atomic E-state index is -0.559. The maximum Gasteiger partial charge on any atom is 0.408 e. The molecule has 28 heavy (non-hydrogen) atoms. The normalized spacial score (nSPS) is 22.9. The number of piperazine rings is 1. The number of piperidine rings is 1. The van der Waals surface area contributed by atoms with E-state index >= 15 is 0 Å². The number of amides is 2. The Morgan fingerprint density at radius 2 is 1.79 bits per heavy atom. The molecule has 0 bridgehead atoms. The summed E-state index contributed by atoms with van der Waals surface area (Å²) in [5.74, 6) is -0.00464. The van der Waals surface area contributed by atoms with E-state index in [4.69, 9.17) is 4.74 Å². The molecular weight excluding hydrogens is 356 g/mol. The Morgan fingerprint density at radius 3 is 2.39 bits per heavy atom. The monoisotopic (exact) mass is 396 g/mol. The van der Waals surface area contributed by atoms with Crippen LogP contribution in [0.15, 0.2) is 0 Å². The van der Waals surface area contributed by atoms with Gasteiger partial charge in [-0.05, 0) is 60.2 Å². The first-order chi connectivity index (χ1) is 13.2. The van der Waals surface area contributed by atoms with Crippen molar-refractivity contribution in [2.45, 2.75) is 77.5 Å². The summed E-state index contributed by atoms with van der Waals surface area (Å²) in [5, 5.41) is 2.62. The van der Waals surface area contributed by atoms with E-state index in [1.165, 1.54) is 12.8 Å². The van der Waals surface area contributed by atoms with E-state index < -0.39 is 11.7 Å². The molecular formula is C21H40N4O3. The van der Waals surface area contributed by atoms with Crippen LogP contribution in [0.5, 0.6) is 0 Å². The number of rotatable bonds is 6. The van der Waals surface area contributed by atoms with Crippen LogP contribution in [0.25, 0.3) is 0 Å². The second-order valence-electron chi connectivity index (χ2n) is 9.27. The first-order valence-corrected chi connectivity index (χ1v) is 10.9. The predicted octanol–water partition coefficient (Wildman–Crippen LogP) is 2.31. The first-order valence-electron chi connectivity index (χ1n) is 10.9. The Labute approximate surface area is 170 Å². The number of carbonyl (C=O) groups excluding carboxylic acids is 2. The quantitative estimate of drug-likeness (QED) is 0.746. The molecule has 0 aromatic heterocycles. The van der Waals surface area contributed by atoms with Gasteiger partial charge in [-0.25, -0.2) is 4.79 Å². The molecule has 2 amide bonds. The molecule has 7 heteroatoms. The van der Waals surface area contributed by atoms with E-state index in [-0.39, 0.29) is 18.5 Å². The second-order valence-corrected chi connectivity index (χ2v) is 9.27. The van der Waals surface area contributed by atoms with Gasteiger partial charge in [-0.15, -0.1) is 0 Å². The number of hydrogen-bond acceptors (Lipinski definition) is 5. The number of likely N-dealkylation sites (tertiary alicyclic amines) is 1. The van der Waals surface area contributed by atoms with Gasteiger partial charge in [0.15, 0.2) is 0 Å². The predicted molar refractivity (Wildman–Crippen MR) is 111 cm³/mol. The van der Waals surface area contributed by atoms with Crippen LogP contribution in [-0.2, 0) is 9.53 Å². The standard InChI is InChI=1S/C21H40N4O3/c1-6-7-8-18-16-24(17-9-11-23(5)12-10-17)13-14-25(18)19(26)15-22-20(27)28-21(2,3)4/h17-18H,6-16H2,1-5H3,(H,22,27). The van der Waals surface area contributed by atoms with Crippen molar-refractivity contribution in [1.82, 2.24) is 20.0 Å². The summed E-state index contributed by atoms with van der Waals surface area (Å²) in [4.78, 5) is 31.6. The topological polar surface area (TPSA) is 65.1 Å². The van der Waals surface area contributed by atoms with Gasteiger partial charge in [-0.1, -0.05) is 19.8 Å². The highest BCUT2D eigenvalue weighted by atomic mass is 16.6. The summed E-state index contributed by atoms with van der Waals surface area (Å²) in [6.45, 7) is 12.6. The largest absolute Gasteiger partial charge is 0.444 e. The van der Waals surface area contributed by atoms with Crippen molar-refractivity contribution < 1.29 is 14.3 Å². The maximum absolute atomic E-state index is 12.8. The number of alkyl carbamates (subject to hydrolysis) is 1. The molecule has 1 unspecified atom stereocenters. The lowest BCUT2D eigenvalue weighted by Gasteiger charge is -2.46. The Bertz CT molecular complexity index is 512. The molecule has 1 atom stereocenters. The van der Waals surface area contributed by atoms with E-state index in [1.54, 1.807) is 0 Å². The number of ether oxygens (including phenoxy) is 1. The number of hydrogen-bond donors (Lipinski definition) is 1. The van der Waals surface area contributed by atoms with Crippen molar-refractivity contribution in [3.05, 3.63) is 0 Å². The highest BCUT2D eigenvalue weighted by molar-refractivity contribution is 5.82. The lowest BCUT2D eigenvalue weighted by Crippen LogP contribution is -2.60. The highest BCUT2D eigenvalue weighted by Gasteiger charge is 2.34. The molecule has 2 rings (SSSR count). The average molecular weight is 397 g/mol. The van der Waals surface area contributed by atoms with Crippen LogP contribution in [0, 0.1) is 0 Å². The van der Waals surface area contributed by atoms with Crippen molar-refractivity contribution in [3.8, 4) is 0 Å². The third-order valence-corrected chi connectivity index (χ3v) is 5.71. The van der Waals surface area contributed by atoms with Crippen LogP contribution in [0.1, 0.15) is 59.8 Å². The van der Waals surface area contributed by atoms with Gasteiger partial charge in [-0.3, -0.25) is 9.69 Å². The number of nitrogens with zero attached hydrogens (tertiary/aromatic N) is 3. The smallest absolute Gasteiger partial charge is 0.408 e. The molecule has 2 fully saturated rings. The molecule has 0 aromatic rings. The summed E-state index contributed by atoms with van der Waals surface area (Å²) in [6.07, 6.45) is 5.17. The number of nitrogens with one attached hydrogen (secondary N) is 1. The van der Waals surface area contributed by atoms with Crippen molar-refractivity contribution in [2.75, 3.05) is 46.3 Å². The zero-order chi connectivity index (χ0) is 20.7. The SMILES string of the molecule is CCCCC1CN(C2CCN(C)CC2)CCN1C(=O)CNC(=O)OC(C)(C)C. The molecule has 0 radical (unpaired) electrons. The number of unbranched alkanes of at least 4 members (excludes halogenated alkanes) is 1. The van der Waals surface area contributed by atoms with Gasteiger partial charge in [0.1, 0.15) is 12.1 Å². The van der Waals surface area contributed by atoms with Gasteiger partial charge in [0, 0.05) is 31.7 Å². The Morgan fingerprint density at radius 1 is 1.11 bits per heavy atom. The molecule has 1 N–H and O–H groups in total. The van der Waals surface area contributed by atoms with Crippen LogP contribution in [0.3, 0.4) is 0 Å². The van der Waals surface area contributed by atoms with E-state index in [9.17, 15) is 9.59 Å². The van der Waals surface area contributed by atoms with Gasteiger partial charge in [0.05, 0.1) is 0 Å². The van der Waals surface area contributed by atoms with Gasteiger partial charge in [0.2, 0.25) is 5.91 Å². The van der Waals surface area contributed by atoms with Gasteiger partial charge < -0.3 is 19.9 Å². The summed E-state index contributed by atoms with van der Waals surface area (Å²) < 4.78 is 5.24. The fraction of sp³-hybridized carbons (Fsp3) is 0.905. The summed E-state index contributed by atoms with van der Waals surface area (Å²) in [5.41, 5.74) is -0.559. The molecule has 2 aliphatic heterocycles. The zero-order valence-electron chi connectivity index (χ0n) is 18.5. The summed E-state index contributed by atoms with van der Waals surface area (Å²) in [7, 11) is 2.19. The Kier molecular flexibility index (Phi) is 8.56. The van der Waals surface area contributed by atoms with E-state index in [1.807, 2.05) is 25.7 Å². The van der Waals surface area contributed by atoms with Crippen LogP contribution in [-0.4, -0.2) is 90.7 Å². The molecule has 162 valence electrons. The molecule has 0 aromatic carbocycles. The van der Waals surface area contributed by atoms with Crippen molar-refractivity contribution in [1.29, 1.82) is 0 Å². The minimum absolute atomic E-state index is 0.00464. The van der Waals surface area contributed by atoms with Gasteiger partial charge in [0.25, 0.3) is 0 Å². The average Bonchev–Trinajstić information content (AvgIpc) is 2.63. The third kappa shape index (κ3) is 7.24. The Hall–Kier alpha value is -1.34. The fourth-order valence-electron chi connectivity index (χ4n) is 4.15. The van der Waals surface area contributed by atoms with Crippen molar-refractivity contribution >= 4 is 12.0 Å². The van der Waals surface area contributed by atoms with E-state index in [0.717, 1.165) is 52.0 Å². The second kappa shape index (κ2) is 10.4. The highest BCUT2D eigenvalue weighted by Crippen LogP contribution is 2.22. The molecule has 2 heterocycles. The first kappa shape index (κ1) is 22.9. The Balaban J connectivity index is 1.89. The van der Waals surface area contributed by atoms with Gasteiger partial charge >= 0.3 is 6.09 Å². The van der Waals surface area contributed by atoms with Crippen molar-refractivity contribution in [3.63, 3.8) is 0 Å². The molecule has 0 spiro atoms. The summed E-state index contributed by atoms with van der Waals surface area (Å²) >= 11 is 0. The fourth-order valence-corrected chi connectivity index (χ4v) is 4.15. The van der Waals surface area contributed by atoms with Gasteiger partial charge in [-0.2, -0.15) is 0 Å². The lowest BCUT2D eigenvalue weighted by molar-refractivity contribution is -0.136. The molecule has 0 saturated carbocycles. The third-order valence-electron chi connectivity index (χ3n) is 5.71. The minimum Gasteiger partial charge on any atom is -0.444 e. The molecule has 7 nitrogen and oxygen atoms in total. The van der Waals surface area contributed by atoms with E-state index in [2.05, 4.69) is 29.1 Å². The van der Waals surface area contributed by atoms with E-state index in [0.29, 0.717) is 6.04 Å². The van der Waals surface area contributed by atoms with Crippen LogP contribution in [0.2, 0.25) is 0 Å². The van der Waals surface area contributed by atoms with Crippen LogP contribution >= 0.6 is 0 Å². The maximum atomic E-state index is 12.8. The van der Waals surface area contributed by atoms with Crippen LogP contribution < -0.4 is 5.32 Å². The van der Waals surface area contributed by atoms with Crippen molar-refractivity contribution in [2.24, 2.45) is 0 Å².